The molecule has 0 saturated heterocycles. The van der Waals surface area contributed by atoms with Gasteiger partial charge < -0.3 is 9.47 Å². The summed E-state index contributed by atoms with van der Waals surface area (Å²) in [5.41, 5.74) is 3.89. The number of hydrogen-bond acceptors (Lipinski definition) is 3. The minimum atomic E-state index is -4.64. The summed E-state index contributed by atoms with van der Waals surface area (Å²) in [4.78, 5) is 11.3. The van der Waals surface area contributed by atoms with Crippen LogP contribution in [-0.4, -0.2) is 25.9 Å². The molecule has 0 bridgehead atoms. The molecule has 0 aromatic heterocycles. The zero-order valence-corrected chi connectivity index (χ0v) is 17.6. The van der Waals surface area contributed by atoms with Gasteiger partial charge in [0.05, 0.1) is 19.3 Å². The van der Waals surface area contributed by atoms with Crippen molar-refractivity contribution in [1.29, 1.82) is 0 Å². The molecule has 0 atom stereocenters. The van der Waals surface area contributed by atoms with Gasteiger partial charge in [0, 0.05) is 6.08 Å². The van der Waals surface area contributed by atoms with E-state index in [2.05, 4.69) is 4.74 Å². The second-order valence-corrected chi connectivity index (χ2v) is 6.51. The van der Waals surface area contributed by atoms with E-state index in [0.29, 0.717) is 6.08 Å². The molecule has 0 aliphatic rings. The fraction of sp³-hybridized carbons (Fsp3) is 0.348. The topological polar surface area (TPSA) is 35.5 Å². The molecule has 0 aliphatic carbocycles. The Morgan fingerprint density at radius 3 is 2.34 bits per heavy atom. The first-order valence-corrected chi connectivity index (χ1v) is 9.14. The Balaban J connectivity index is 3.06. The SMILES string of the molecule is CCOC(=O)\C=C(/C=C/C=C(C)/C=C/c1c(C)cc(OC)c(C)c1C)C(F)(F)F. The van der Waals surface area contributed by atoms with E-state index in [1.54, 1.807) is 20.1 Å². The van der Waals surface area contributed by atoms with Gasteiger partial charge in [0.2, 0.25) is 0 Å². The van der Waals surface area contributed by atoms with E-state index in [1.807, 2.05) is 39.0 Å². The Kier molecular flexibility index (Phi) is 8.95. The highest BCUT2D eigenvalue weighted by atomic mass is 19.4. The lowest BCUT2D eigenvalue weighted by atomic mass is 9.96. The zero-order valence-electron chi connectivity index (χ0n) is 17.6. The Morgan fingerprint density at radius 1 is 1.14 bits per heavy atom. The van der Waals surface area contributed by atoms with Gasteiger partial charge in [0.25, 0.3) is 0 Å². The zero-order chi connectivity index (χ0) is 22.2. The van der Waals surface area contributed by atoms with E-state index >= 15 is 0 Å². The summed E-state index contributed by atoms with van der Waals surface area (Å²) in [5.74, 6) is -0.202. The number of carbonyl (C=O) groups is 1. The number of benzene rings is 1. The first-order valence-electron chi connectivity index (χ1n) is 9.14. The van der Waals surface area contributed by atoms with E-state index in [0.717, 1.165) is 39.7 Å². The number of rotatable bonds is 7. The van der Waals surface area contributed by atoms with Crippen LogP contribution in [0, 0.1) is 20.8 Å². The van der Waals surface area contributed by atoms with Crippen molar-refractivity contribution in [3.05, 3.63) is 69.8 Å². The van der Waals surface area contributed by atoms with Gasteiger partial charge in [-0.15, -0.1) is 0 Å². The molecule has 0 radical (unpaired) electrons. The van der Waals surface area contributed by atoms with Crippen molar-refractivity contribution in [2.45, 2.75) is 40.8 Å². The quantitative estimate of drug-likeness (QED) is 0.307. The van der Waals surface area contributed by atoms with Gasteiger partial charge in [-0.05, 0) is 69.0 Å². The lowest BCUT2D eigenvalue weighted by Gasteiger charge is -2.13. The average molecular weight is 408 g/mol. The largest absolute Gasteiger partial charge is 0.496 e. The van der Waals surface area contributed by atoms with Crippen molar-refractivity contribution in [3.63, 3.8) is 0 Å². The number of carbonyl (C=O) groups excluding carboxylic acids is 1. The minimum Gasteiger partial charge on any atom is -0.496 e. The molecular formula is C23H27F3O3. The van der Waals surface area contributed by atoms with E-state index in [4.69, 9.17) is 4.74 Å². The summed E-state index contributed by atoms with van der Waals surface area (Å²) in [6, 6.07) is 1.96. The fourth-order valence-corrected chi connectivity index (χ4v) is 2.64. The second kappa shape index (κ2) is 10.7. The van der Waals surface area contributed by atoms with Crippen LogP contribution in [-0.2, 0) is 9.53 Å². The van der Waals surface area contributed by atoms with Crippen LogP contribution in [0.4, 0.5) is 13.2 Å². The fourth-order valence-electron chi connectivity index (χ4n) is 2.64. The Labute approximate surface area is 170 Å². The van der Waals surface area contributed by atoms with Crippen molar-refractivity contribution >= 4 is 12.0 Å². The summed E-state index contributed by atoms with van der Waals surface area (Å²) < 4.78 is 49.0. The molecule has 0 aliphatic heterocycles. The van der Waals surface area contributed by atoms with Gasteiger partial charge in [-0.25, -0.2) is 4.79 Å². The highest BCUT2D eigenvalue weighted by Gasteiger charge is 2.32. The molecule has 0 saturated carbocycles. The lowest BCUT2D eigenvalue weighted by Crippen LogP contribution is -2.13. The van der Waals surface area contributed by atoms with Crippen LogP contribution < -0.4 is 4.74 Å². The number of aryl methyl sites for hydroxylation is 1. The van der Waals surface area contributed by atoms with E-state index in [9.17, 15) is 18.0 Å². The van der Waals surface area contributed by atoms with E-state index in [1.165, 1.54) is 13.0 Å². The van der Waals surface area contributed by atoms with Crippen molar-refractivity contribution in [2.75, 3.05) is 13.7 Å². The molecule has 3 nitrogen and oxygen atoms in total. The first kappa shape index (κ1) is 24.3. The average Bonchev–Trinajstić information content (AvgIpc) is 2.63. The van der Waals surface area contributed by atoms with Crippen molar-refractivity contribution in [2.24, 2.45) is 0 Å². The van der Waals surface area contributed by atoms with Gasteiger partial charge in [0.1, 0.15) is 5.75 Å². The van der Waals surface area contributed by atoms with Crippen LogP contribution >= 0.6 is 0 Å². The van der Waals surface area contributed by atoms with E-state index < -0.39 is 17.7 Å². The molecule has 0 N–H and O–H groups in total. The summed E-state index contributed by atoms with van der Waals surface area (Å²) in [7, 11) is 1.63. The monoisotopic (exact) mass is 408 g/mol. The molecule has 1 aromatic rings. The van der Waals surface area contributed by atoms with Gasteiger partial charge in [-0.1, -0.05) is 29.9 Å². The molecule has 1 rings (SSSR count). The van der Waals surface area contributed by atoms with Crippen molar-refractivity contribution in [1.82, 2.24) is 0 Å². The van der Waals surface area contributed by atoms with Crippen LogP contribution in [0.2, 0.25) is 0 Å². The summed E-state index contributed by atoms with van der Waals surface area (Å²) in [6.07, 6.45) is 3.22. The predicted octanol–water partition coefficient (Wildman–Crippen LogP) is 6.19. The highest BCUT2D eigenvalue weighted by Crippen LogP contribution is 2.29. The molecular weight excluding hydrogens is 381 g/mol. The molecule has 0 heterocycles. The summed E-state index contributed by atoms with van der Waals surface area (Å²) in [6.45, 7) is 9.27. The van der Waals surface area contributed by atoms with Crippen LogP contribution in [0.5, 0.6) is 5.75 Å². The normalized spacial score (nSPS) is 13.4. The smallest absolute Gasteiger partial charge is 0.416 e. The number of halogens is 3. The van der Waals surface area contributed by atoms with Gasteiger partial charge in [0.15, 0.2) is 0 Å². The third kappa shape index (κ3) is 7.29. The van der Waals surface area contributed by atoms with Crippen molar-refractivity contribution < 1.29 is 27.4 Å². The van der Waals surface area contributed by atoms with Crippen LogP contribution in [0.25, 0.3) is 6.08 Å². The molecule has 0 unspecified atom stereocenters. The third-order valence-electron chi connectivity index (χ3n) is 4.36. The Morgan fingerprint density at radius 2 is 1.79 bits per heavy atom. The molecule has 1 aromatic carbocycles. The maximum absolute atomic E-state index is 13.0. The molecule has 0 fully saturated rings. The Bertz CT molecular complexity index is 857. The molecule has 0 amide bonds. The lowest BCUT2D eigenvalue weighted by molar-refractivity contribution is -0.138. The van der Waals surface area contributed by atoms with Gasteiger partial charge in [-0.2, -0.15) is 13.2 Å². The van der Waals surface area contributed by atoms with Gasteiger partial charge >= 0.3 is 12.1 Å². The number of alkyl halides is 3. The van der Waals surface area contributed by atoms with Gasteiger partial charge in [-0.3, -0.25) is 0 Å². The van der Waals surface area contributed by atoms with Crippen LogP contribution in [0.1, 0.15) is 36.1 Å². The first-order chi connectivity index (χ1) is 13.5. The molecule has 29 heavy (non-hydrogen) atoms. The second-order valence-electron chi connectivity index (χ2n) is 6.51. The van der Waals surface area contributed by atoms with Crippen LogP contribution in [0.15, 0.2) is 47.6 Å². The van der Waals surface area contributed by atoms with Crippen LogP contribution in [0.3, 0.4) is 0 Å². The minimum absolute atomic E-state index is 0.0116. The van der Waals surface area contributed by atoms with Crippen molar-refractivity contribution in [3.8, 4) is 5.75 Å². The Hall–Kier alpha value is -2.76. The predicted molar refractivity (Wildman–Crippen MR) is 110 cm³/mol. The molecule has 158 valence electrons. The number of hydrogen-bond donors (Lipinski definition) is 0. The number of esters is 1. The maximum Gasteiger partial charge on any atom is 0.416 e. The standard InChI is InChI=1S/C23H27F3O3/c1-7-29-22(27)14-19(23(24,25)26)10-8-9-15(2)11-12-20-16(3)13-21(28-6)18(5)17(20)4/h8-14H,7H2,1-6H3/b10-8+,12-11+,15-9+,19-14+. The summed E-state index contributed by atoms with van der Waals surface area (Å²) >= 11 is 0. The number of methoxy groups -OCH3 is 1. The molecule has 0 spiro atoms. The maximum atomic E-state index is 13.0. The van der Waals surface area contributed by atoms with E-state index in [-0.39, 0.29) is 6.61 Å². The third-order valence-corrected chi connectivity index (χ3v) is 4.36. The highest BCUT2D eigenvalue weighted by molar-refractivity contribution is 5.83. The number of allylic oxidation sites excluding steroid dienone is 6. The molecule has 6 heteroatoms. The summed E-state index contributed by atoms with van der Waals surface area (Å²) in [5, 5.41) is 0. The number of ether oxygens (including phenoxy) is 2.